The lowest BCUT2D eigenvalue weighted by Crippen LogP contribution is -2.11. The van der Waals surface area contributed by atoms with Gasteiger partial charge in [-0.2, -0.15) is 0 Å². The number of rotatable bonds is 12. The Morgan fingerprint density at radius 3 is 0.754 bits per heavy atom. The number of fused-ring (bicyclic) bond motifs is 18. The minimum atomic E-state index is 1.17. The highest BCUT2D eigenvalue weighted by Crippen LogP contribution is 2.56. The van der Waals surface area contributed by atoms with Crippen molar-refractivity contribution in [1.29, 1.82) is 0 Å². The summed E-state index contributed by atoms with van der Waals surface area (Å²) in [5.41, 5.74) is 45.8. The van der Waals surface area contributed by atoms with E-state index in [1.165, 1.54) is 266 Å². The van der Waals surface area contributed by atoms with E-state index < -0.39 is 0 Å². The maximum atomic E-state index is 2.40. The largest absolute Gasteiger partial charge is 0.310 e. The van der Waals surface area contributed by atoms with Gasteiger partial charge < -0.3 is 14.7 Å². The quantitative estimate of drug-likeness (QED) is 0.121. The van der Waals surface area contributed by atoms with E-state index in [4.69, 9.17) is 0 Å². The Bertz CT molecular complexity index is 7960. The van der Waals surface area contributed by atoms with Crippen LogP contribution in [0.15, 0.2) is 400 Å². The Hall–Kier alpha value is -15.4. The van der Waals surface area contributed by atoms with Gasteiger partial charge >= 0.3 is 0 Å². The Morgan fingerprint density at radius 1 is 0.127 bits per heavy atom. The molecule has 21 aromatic carbocycles. The first kappa shape index (κ1) is 76.7. The standard InChI is InChI=1S/3C41H31N/c1-26-17-27(2)19-36(18-26)42(41-12-8-7-9-28(41)3)35-16-15-32-23-38-39-24-33-20-30(29-10-5-4-6-11-29)13-14-31(33)22-37(39)40(38)25-34(32)21-35;1-26-9-15-35(16-10-26)42(41-18-11-27(2)19-28(41)3)36-17-14-32-23-38-39-24-33-20-30(29-7-5-4-6-8-29)12-13-31(33)22-37(39)40(38)25-34(32)21-36;1-26-10-16-35(17-11-26)42(41-19-27(2)9-12-28(41)3)36-18-15-32-23-38-39-24-33-20-30(29-7-5-4-6-8-29)13-14-31(33)22-37(39)40(38)25-34(32)21-36/h3*4-25H,1-3H3. The fourth-order valence-corrected chi connectivity index (χ4v) is 19.7. The number of hydrogen-bond acceptors (Lipinski definition) is 3. The van der Waals surface area contributed by atoms with Crippen molar-refractivity contribution < 1.29 is 0 Å². The van der Waals surface area contributed by atoms with Gasteiger partial charge in [0.15, 0.2) is 0 Å². The molecule has 3 nitrogen and oxygen atoms in total. The minimum Gasteiger partial charge on any atom is -0.310 e. The monoisotopic (exact) mass is 1610 g/mol. The predicted molar refractivity (Wildman–Crippen MR) is 541 cm³/mol. The zero-order valence-corrected chi connectivity index (χ0v) is 72.4. The summed E-state index contributed by atoms with van der Waals surface area (Å²) in [4.78, 5) is 7.19. The molecule has 3 aliphatic carbocycles. The number of aryl methyl sites for hydroxylation is 9. The van der Waals surface area contributed by atoms with Crippen molar-refractivity contribution in [2.24, 2.45) is 0 Å². The lowest BCUT2D eigenvalue weighted by molar-refractivity contribution is 1.23. The molecule has 21 aromatic rings. The van der Waals surface area contributed by atoms with E-state index in [2.05, 4.69) is 477 Å². The van der Waals surface area contributed by atoms with Gasteiger partial charge in [0, 0.05) is 51.2 Å². The molecule has 0 atom stereocenters. The molecule has 0 amide bonds. The Balaban J connectivity index is 0.000000112. The molecule has 0 unspecified atom stereocenters. The van der Waals surface area contributed by atoms with Gasteiger partial charge in [0.2, 0.25) is 0 Å². The topological polar surface area (TPSA) is 9.72 Å². The SMILES string of the molecule is Cc1cc(C)cc(N(c2ccc3cc4c(cc3c2)-c2cc3ccc(-c5ccccc5)cc3cc2-4)c2ccccc2C)c1.Cc1ccc(N(c2ccc3cc4c(cc3c2)-c2cc3ccc(-c5ccccc5)cc3cc2-4)c2cc(C)ccc2C)cc1.Cc1ccc(N(c2ccc3cc4c(cc3c2)-c2cc3ccc(-c5ccccc5)cc3cc2-4)c2ccc(C)cc2C)cc1. The lowest BCUT2D eigenvalue weighted by atomic mass is 9.77. The first-order valence-electron chi connectivity index (χ1n) is 44.0. The average Bonchev–Trinajstić information content (AvgIpc) is 0.724. The van der Waals surface area contributed by atoms with Crippen LogP contribution in [-0.4, -0.2) is 0 Å². The molecule has 0 saturated carbocycles. The third kappa shape index (κ3) is 14.0. The first-order valence-corrected chi connectivity index (χ1v) is 44.0. The molecule has 0 fully saturated rings. The number of nitrogens with zero attached hydrogens (tertiary/aromatic N) is 3. The molecular formula is C123H93N3. The van der Waals surface area contributed by atoms with Crippen molar-refractivity contribution >= 4 is 116 Å². The van der Waals surface area contributed by atoms with E-state index >= 15 is 0 Å². The van der Waals surface area contributed by atoms with Gasteiger partial charge in [-0.3, -0.25) is 0 Å². The fraction of sp³-hybridized carbons (Fsp3) is 0.0732. The molecule has 0 N–H and O–H groups in total. The number of hydrogen-bond donors (Lipinski definition) is 0. The summed E-state index contributed by atoms with van der Waals surface area (Å²) in [6.07, 6.45) is 0. The molecule has 3 heteroatoms. The number of benzene rings is 21. The molecular weight excluding hydrogens is 1520 g/mol. The van der Waals surface area contributed by atoms with E-state index in [9.17, 15) is 0 Å². The molecule has 600 valence electrons. The van der Waals surface area contributed by atoms with Crippen molar-refractivity contribution in [2.45, 2.75) is 62.3 Å². The molecule has 0 aromatic heterocycles. The number of para-hydroxylation sites is 1. The van der Waals surface area contributed by atoms with Crippen LogP contribution in [0, 0.1) is 62.3 Å². The smallest absolute Gasteiger partial charge is 0.0493 e. The van der Waals surface area contributed by atoms with Crippen molar-refractivity contribution in [3.63, 3.8) is 0 Å². The highest BCUT2D eigenvalue weighted by atomic mass is 15.2. The Labute approximate surface area is 738 Å². The zero-order valence-electron chi connectivity index (χ0n) is 72.4. The maximum absolute atomic E-state index is 2.40. The summed E-state index contributed by atoms with van der Waals surface area (Å²) in [7, 11) is 0. The van der Waals surface area contributed by atoms with Gasteiger partial charge in [0.25, 0.3) is 0 Å². The minimum absolute atomic E-state index is 1.17. The second kappa shape index (κ2) is 31.2. The van der Waals surface area contributed by atoms with Crippen molar-refractivity contribution in [2.75, 3.05) is 14.7 Å². The van der Waals surface area contributed by atoms with Gasteiger partial charge in [-0.05, 0) is 442 Å². The Morgan fingerprint density at radius 2 is 0.397 bits per heavy atom. The van der Waals surface area contributed by atoms with Gasteiger partial charge in [-0.25, -0.2) is 0 Å². The van der Waals surface area contributed by atoms with Gasteiger partial charge in [0.1, 0.15) is 0 Å². The molecule has 3 aliphatic rings. The van der Waals surface area contributed by atoms with Crippen LogP contribution in [0.4, 0.5) is 51.2 Å². The van der Waals surface area contributed by atoms with E-state index in [-0.39, 0.29) is 0 Å². The van der Waals surface area contributed by atoms with E-state index in [1.807, 2.05) is 0 Å². The normalized spacial score (nSPS) is 11.7. The van der Waals surface area contributed by atoms with Crippen molar-refractivity contribution in [3.05, 3.63) is 450 Å². The molecule has 0 spiro atoms. The summed E-state index contributed by atoms with van der Waals surface area (Å²) in [6, 6.07) is 148. The van der Waals surface area contributed by atoms with E-state index in [1.54, 1.807) is 0 Å². The Kier molecular flexibility index (Phi) is 19.0. The molecule has 0 heterocycles. The molecule has 24 rings (SSSR count). The van der Waals surface area contributed by atoms with Gasteiger partial charge in [-0.1, -0.05) is 235 Å². The van der Waals surface area contributed by atoms with Gasteiger partial charge in [-0.15, -0.1) is 0 Å². The first-order chi connectivity index (χ1) is 61.5. The van der Waals surface area contributed by atoms with Crippen LogP contribution in [0.5, 0.6) is 0 Å². The summed E-state index contributed by atoms with van der Waals surface area (Å²) in [5.74, 6) is 0. The summed E-state index contributed by atoms with van der Waals surface area (Å²) >= 11 is 0. The van der Waals surface area contributed by atoms with Crippen LogP contribution >= 0.6 is 0 Å². The van der Waals surface area contributed by atoms with Crippen LogP contribution in [0.2, 0.25) is 0 Å². The molecule has 0 bridgehead atoms. The second-order valence-corrected chi connectivity index (χ2v) is 35.2. The third-order valence-electron chi connectivity index (χ3n) is 26.3. The fourth-order valence-electron chi connectivity index (χ4n) is 19.7. The molecule has 126 heavy (non-hydrogen) atoms. The van der Waals surface area contributed by atoms with E-state index in [0.717, 1.165) is 0 Å². The second-order valence-electron chi connectivity index (χ2n) is 35.2. The summed E-state index contributed by atoms with van der Waals surface area (Å²) < 4.78 is 0. The van der Waals surface area contributed by atoms with Crippen molar-refractivity contribution in [1.82, 2.24) is 0 Å². The van der Waals surface area contributed by atoms with Crippen LogP contribution in [0.25, 0.3) is 165 Å². The lowest BCUT2D eigenvalue weighted by Gasteiger charge is -2.29. The molecule has 0 saturated heterocycles. The molecule has 0 radical (unpaired) electrons. The maximum Gasteiger partial charge on any atom is 0.0493 e. The van der Waals surface area contributed by atoms with Gasteiger partial charge in [0.05, 0.1) is 0 Å². The summed E-state index contributed by atoms with van der Waals surface area (Å²) in [6.45, 7) is 19.6. The van der Waals surface area contributed by atoms with Crippen LogP contribution in [0.1, 0.15) is 50.1 Å². The molecule has 0 aliphatic heterocycles. The van der Waals surface area contributed by atoms with Crippen LogP contribution in [0.3, 0.4) is 0 Å². The zero-order chi connectivity index (χ0) is 85.1. The van der Waals surface area contributed by atoms with Crippen LogP contribution in [-0.2, 0) is 0 Å². The van der Waals surface area contributed by atoms with Crippen molar-refractivity contribution in [3.8, 4) is 100 Å². The average molecular weight is 1610 g/mol. The predicted octanol–water partition coefficient (Wildman–Crippen LogP) is 35.1. The van der Waals surface area contributed by atoms with Crippen LogP contribution < -0.4 is 14.7 Å². The third-order valence-corrected chi connectivity index (χ3v) is 26.3. The highest BCUT2D eigenvalue weighted by molar-refractivity contribution is 6.16. The number of anilines is 9. The summed E-state index contributed by atoms with van der Waals surface area (Å²) in [5, 5.41) is 15.3. The highest BCUT2D eigenvalue weighted by Gasteiger charge is 2.29. The van der Waals surface area contributed by atoms with E-state index in [0.29, 0.717) is 0 Å².